The molecule has 3 rings (SSSR count). The van der Waals surface area contributed by atoms with E-state index < -0.39 is 35.4 Å². The number of nitrogen functional groups attached to an aromatic ring is 1. The van der Waals surface area contributed by atoms with Gasteiger partial charge in [-0.1, -0.05) is 42.5 Å². The van der Waals surface area contributed by atoms with E-state index in [0.29, 0.717) is 17.8 Å². The van der Waals surface area contributed by atoms with Crippen molar-refractivity contribution in [3.8, 4) is 0 Å². The third-order valence-electron chi connectivity index (χ3n) is 5.09. The van der Waals surface area contributed by atoms with Crippen LogP contribution in [0.1, 0.15) is 22.6 Å². The van der Waals surface area contributed by atoms with Gasteiger partial charge in [-0.15, -0.1) is 0 Å². The van der Waals surface area contributed by atoms with Crippen LogP contribution in [0.25, 0.3) is 0 Å². The van der Waals surface area contributed by atoms with Gasteiger partial charge >= 0.3 is 0 Å². The van der Waals surface area contributed by atoms with Gasteiger partial charge in [0.2, 0.25) is 11.8 Å². The molecule has 0 fully saturated rings. The summed E-state index contributed by atoms with van der Waals surface area (Å²) in [5.74, 6) is -3.66. The molecule has 9 heteroatoms. The molecule has 0 unspecified atom stereocenters. The first kappa shape index (κ1) is 23.8. The van der Waals surface area contributed by atoms with Crippen molar-refractivity contribution in [2.24, 2.45) is 5.73 Å². The Morgan fingerprint density at radius 2 is 1.67 bits per heavy atom. The molecule has 33 heavy (non-hydrogen) atoms. The van der Waals surface area contributed by atoms with Gasteiger partial charge in [-0.2, -0.15) is 0 Å². The molecule has 172 valence electrons. The van der Waals surface area contributed by atoms with E-state index in [1.807, 2.05) is 30.3 Å². The number of hydrogen-bond acceptors (Lipinski definition) is 5. The number of aromatic nitrogens is 1. The normalized spacial score (nSPS) is 12.6. The molecule has 1 aromatic heterocycles. The number of anilines is 1. The predicted octanol–water partition coefficient (Wildman–Crippen LogP) is 2.03. The quantitative estimate of drug-likeness (QED) is 0.395. The second-order valence-electron chi connectivity index (χ2n) is 7.58. The Morgan fingerprint density at radius 3 is 2.33 bits per heavy atom. The summed E-state index contributed by atoms with van der Waals surface area (Å²) in [4.78, 5) is 29.4. The molecule has 0 aliphatic rings. The highest BCUT2D eigenvalue weighted by atomic mass is 19.2. The molecule has 2 aromatic carbocycles. The summed E-state index contributed by atoms with van der Waals surface area (Å²) in [6, 6.07) is 14.9. The van der Waals surface area contributed by atoms with Crippen LogP contribution < -0.4 is 22.1 Å². The van der Waals surface area contributed by atoms with E-state index in [-0.39, 0.29) is 18.7 Å². The number of halogens is 2. The predicted molar refractivity (Wildman–Crippen MR) is 121 cm³/mol. The van der Waals surface area contributed by atoms with Gasteiger partial charge in [0.1, 0.15) is 5.82 Å². The summed E-state index contributed by atoms with van der Waals surface area (Å²) in [6.07, 6.45) is 1.84. The number of rotatable bonds is 9. The molecule has 7 nitrogen and oxygen atoms in total. The lowest BCUT2D eigenvalue weighted by Gasteiger charge is -2.20. The maximum Gasteiger partial charge on any atom is 0.237 e. The zero-order chi connectivity index (χ0) is 23.8. The first-order valence-electron chi connectivity index (χ1n) is 10.3. The maximum absolute atomic E-state index is 13.8. The van der Waals surface area contributed by atoms with E-state index in [1.165, 1.54) is 12.3 Å². The Balaban J connectivity index is 1.68. The average molecular weight is 453 g/mol. The van der Waals surface area contributed by atoms with Gasteiger partial charge in [-0.05, 0) is 41.3 Å². The number of nitrogens with two attached hydrogens (primary N) is 2. The molecule has 0 saturated heterocycles. The van der Waals surface area contributed by atoms with Crippen molar-refractivity contribution in [3.63, 3.8) is 0 Å². The van der Waals surface area contributed by atoms with Crippen LogP contribution in [0.5, 0.6) is 0 Å². The largest absolute Gasteiger partial charge is 0.384 e. The Kier molecular flexibility index (Phi) is 8.04. The fraction of sp³-hybridized carbons (Fsp3) is 0.208. The highest BCUT2D eigenvalue weighted by Gasteiger charge is 2.24. The lowest BCUT2D eigenvalue weighted by Crippen LogP contribution is -2.45. The van der Waals surface area contributed by atoms with Crippen molar-refractivity contribution in [2.45, 2.75) is 24.9 Å². The molecule has 6 N–H and O–H groups in total. The molecule has 0 aliphatic carbocycles. The molecule has 0 bridgehead atoms. The molecule has 2 amide bonds. The minimum Gasteiger partial charge on any atom is -0.384 e. The monoisotopic (exact) mass is 453 g/mol. The van der Waals surface area contributed by atoms with E-state index in [1.54, 1.807) is 12.1 Å². The standard InChI is InChI=1S/C24H25F2N5O2/c25-19-8-7-17(11-20(19)26)18(23(32)30-13-16-6-9-22(28)29-12-16)14-31-24(33)21(27)10-15-4-2-1-3-5-15/h1-9,11-12,18,21H,10,13-14,27H2,(H2,28,29)(H,30,32)(H,31,33)/t18-,21+/m0/s1. The van der Waals surface area contributed by atoms with E-state index in [0.717, 1.165) is 17.7 Å². The maximum atomic E-state index is 13.8. The van der Waals surface area contributed by atoms with Crippen LogP contribution in [0.15, 0.2) is 66.9 Å². The number of carbonyl (C=O) groups excluding carboxylic acids is 2. The number of pyridine rings is 1. The first-order valence-corrected chi connectivity index (χ1v) is 10.3. The molecule has 0 aliphatic heterocycles. The number of amides is 2. The highest BCUT2D eigenvalue weighted by Crippen LogP contribution is 2.19. The molecule has 2 atom stereocenters. The van der Waals surface area contributed by atoms with E-state index in [9.17, 15) is 18.4 Å². The molecular weight excluding hydrogens is 428 g/mol. The van der Waals surface area contributed by atoms with Gasteiger partial charge in [-0.25, -0.2) is 13.8 Å². The van der Waals surface area contributed by atoms with Crippen molar-refractivity contribution in [3.05, 3.63) is 95.2 Å². The number of carbonyl (C=O) groups is 2. The molecular formula is C24H25F2N5O2. The van der Waals surface area contributed by atoms with Gasteiger partial charge in [0.25, 0.3) is 0 Å². The van der Waals surface area contributed by atoms with Crippen LogP contribution in [0.4, 0.5) is 14.6 Å². The average Bonchev–Trinajstić information content (AvgIpc) is 2.81. The second-order valence-corrected chi connectivity index (χ2v) is 7.58. The van der Waals surface area contributed by atoms with Crippen molar-refractivity contribution in [1.82, 2.24) is 15.6 Å². The molecule has 0 saturated carbocycles. The summed E-state index contributed by atoms with van der Waals surface area (Å²) in [5, 5.41) is 5.38. The fourth-order valence-electron chi connectivity index (χ4n) is 3.24. The Bertz CT molecular complexity index is 1090. The number of nitrogens with zero attached hydrogens (tertiary/aromatic N) is 1. The van der Waals surface area contributed by atoms with Crippen LogP contribution in [-0.2, 0) is 22.6 Å². The Hall–Kier alpha value is -3.85. The van der Waals surface area contributed by atoms with Crippen molar-refractivity contribution in [1.29, 1.82) is 0 Å². The SMILES string of the molecule is Nc1ccc(CNC(=O)[C@@H](CNC(=O)[C@H](N)Cc2ccccc2)c2ccc(F)c(F)c2)cn1. The van der Waals surface area contributed by atoms with Gasteiger partial charge < -0.3 is 22.1 Å². The lowest BCUT2D eigenvalue weighted by molar-refractivity contribution is -0.124. The minimum absolute atomic E-state index is 0.141. The molecule has 0 spiro atoms. The highest BCUT2D eigenvalue weighted by molar-refractivity contribution is 5.86. The summed E-state index contributed by atoms with van der Waals surface area (Å²) < 4.78 is 27.2. The van der Waals surface area contributed by atoms with Gasteiger partial charge in [0.15, 0.2) is 11.6 Å². The van der Waals surface area contributed by atoms with E-state index >= 15 is 0 Å². The second kappa shape index (κ2) is 11.1. The van der Waals surface area contributed by atoms with Crippen LogP contribution in [0, 0.1) is 11.6 Å². The first-order chi connectivity index (χ1) is 15.8. The summed E-state index contributed by atoms with van der Waals surface area (Å²) in [5.41, 5.74) is 13.4. The number of nitrogens with one attached hydrogen (secondary N) is 2. The zero-order valence-electron chi connectivity index (χ0n) is 17.8. The summed E-state index contributed by atoms with van der Waals surface area (Å²) in [7, 11) is 0. The fourth-order valence-corrected chi connectivity index (χ4v) is 3.24. The lowest BCUT2D eigenvalue weighted by atomic mass is 9.97. The number of hydrogen-bond donors (Lipinski definition) is 4. The molecule has 0 radical (unpaired) electrons. The van der Waals surface area contributed by atoms with Crippen molar-refractivity contribution in [2.75, 3.05) is 12.3 Å². The summed E-state index contributed by atoms with van der Waals surface area (Å²) in [6.45, 7) is 0.00593. The van der Waals surface area contributed by atoms with Crippen LogP contribution in [-0.4, -0.2) is 29.4 Å². The molecule has 3 aromatic rings. The summed E-state index contributed by atoms with van der Waals surface area (Å²) >= 11 is 0. The van der Waals surface area contributed by atoms with E-state index in [2.05, 4.69) is 15.6 Å². The smallest absolute Gasteiger partial charge is 0.237 e. The van der Waals surface area contributed by atoms with Gasteiger partial charge in [0.05, 0.1) is 12.0 Å². The van der Waals surface area contributed by atoms with Gasteiger partial charge in [-0.3, -0.25) is 9.59 Å². The third kappa shape index (κ3) is 6.81. The van der Waals surface area contributed by atoms with E-state index in [4.69, 9.17) is 11.5 Å². The Morgan fingerprint density at radius 1 is 0.909 bits per heavy atom. The molecule has 1 heterocycles. The van der Waals surface area contributed by atoms with Gasteiger partial charge in [0, 0.05) is 19.3 Å². The van der Waals surface area contributed by atoms with Crippen LogP contribution in [0.2, 0.25) is 0 Å². The van der Waals surface area contributed by atoms with Crippen LogP contribution in [0.3, 0.4) is 0 Å². The van der Waals surface area contributed by atoms with Crippen molar-refractivity contribution >= 4 is 17.6 Å². The third-order valence-corrected chi connectivity index (χ3v) is 5.09. The topological polar surface area (TPSA) is 123 Å². The minimum atomic E-state index is -1.08. The van der Waals surface area contributed by atoms with Crippen LogP contribution >= 0.6 is 0 Å². The zero-order valence-corrected chi connectivity index (χ0v) is 17.8. The Labute approximate surface area is 190 Å². The van der Waals surface area contributed by atoms with Crippen molar-refractivity contribution < 1.29 is 18.4 Å². The number of benzene rings is 2.